The van der Waals surface area contributed by atoms with Gasteiger partial charge in [0, 0.05) is 6.07 Å². The van der Waals surface area contributed by atoms with E-state index in [4.69, 9.17) is 20.4 Å². The maximum atomic E-state index is 12.2. The van der Waals surface area contributed by atoms with Crippen molar-refractivity contribution in [1.29, 1.82) is 0 Å². The van der Waals surface area contributed by atoms with Crippen molar-refractivity contribution in [2.45, 2.75) is 18.7 Å². The van der Waals surface area contributed by atoms with Gasteiger partial charge in [0.15, 0.2) is 0 Å². The highest BCUT2D eigenvalue weighted by Crippen LogP contribution is 2.25. The first kappa shape index (κ1) is 17.0. The highest BCUT2D eigenvalue weighted by atomic mass is 32.2. The van der Waals surface area contributed by atoms with Crippen LogP contribution in [-0.4, -0.2) is 15.0 Å². The molecule has 4 N–H and O–H groups in total. The molecule has 23 heavy (non-hydrogen) atoms. The first-order valence-electron chi connectivity index (χ1n) is 7.10. The van der Waals surface area contributed by atoms with Crippen LogP contribution in [0.15, 0.2) is 47.4 Å². The van der Waals surface area contributed by atoms with Crippen LogP contribution in [0.4, 0.5) is 11.4 Å². The minimum atomic E-state index is -3.94. The number of benzene rings is 2. The van der Waals surface area contributed by atoms with Gasteiger partial charge in [-0.15, -0.1) is 0 Å². The minimum absolute atomic E-state index is 0.0322. The zero-order chi connectivity index (χ0) is 17.0. The Bertz CT molecular complexity index is 771. The summed E-state index contributed by atoms with van der Waals surface area (Å²) in [6, 6.07) is 10.4. The van der Waals surface area contributed by atoms with Gasteiger partial charge in [-0.05, 0) is 42.3 Å². The molecule has 2 aromatic carbocycles. The van der Waals surface area contributed by atoms with E-state index in [1.165, 1.54) is 30.3 Å². The Morgan fingerprint density at radius 1 is 0.957 bits per heavy atom. The molecule has 0 radical (unpaired) electrons. The molecule has 0 amide bonds. The third-order valence-electron chi connectivity index (χ3n) is 2.96. The molecule has 2 aromatic rings. The minimum Gasteiger partial charge on any atom is -0.493 e. The number of rotatable bonds is 6. The lowest BCUT2D eigenvalue weighted by Gasteiger charge is -2.10. The number of anilines is 2. The molecule has 7 heteroatoms. The summed E-state index contributed by atoms with van der Waals surface area (Å²) in [4.78, 5) is 0.0322. The van der Waals surface area contributed by atoms with Crippen LogP contribution in [0.1, 0.15) is 13.8 Å². The van der Waals surface area contributed by atoms with Gasteiger partial charge in [-0.1, -0.05) is 13.8 Å². The molecule has 124 valence electrons. The zero-order valence-corrected chi connectivity index (χ0v) is 13.8. The van der Waals surface area contributed by atoms with Crippen LogP contribution in [0.5, 0.6) is 11.5 Å². The second-order valence-corrected chi connectivity index (χ2v) is 7.05. The van der Waals surface area contributed by atoms with Gasteiger partial charge in [-0.3, -0.25) is 0 Å². The predicted octanol–water partition coefficient (Wildman–Crippen LogP) is 2.65. The van der Waals surface area contributed by atoms with Gasteiger partial charge in [-0.25, -0.2) is 0 Å². The summed E-state index contributed by atoms with van der Waals surface area (Å²) in [5, 5.41) is 0. The molecule has 0 heterocycles. The summed E-state index contributed by atoms with van der Waals surface area (Å²) < 4.78 is 35.1. The van der Waals surface area contributed by atoms with Crippen molar-refractivity contribution < 1.29 is 17.3 Å². The lowest BCUT2D eigenvalue weighted by Crippen LogP contribution is -2.10. The third kappa shape index (κ3) is 4.53. The van der Waals surface area contributed by atoms with Crippen molar-refractivity contribution in [3.8, 4) is 11.5 Å². The number of nitrogens with two attached hydrogens (primary N) is 2. The van der Waals surface area contributed by atoms with Crippen molar-refractivity contribution in [3.63, 3.8) is 0 Å². The second-order valence-electron chi connectivity index (χ2n) is 5.50. The monoisotopic (exact) mass is 336 g/mol. The molecule has 0 fully saturated rings. The van der Waals surface area contributed by atoms with Gasteiger partial charge >= 0.3 is 10.1 Å². The standard InChI is InChI=1S/C16H20N2O4S/c1-11(2)10-21-12-3-6-14(7-4-12)23(19,20)22-13-5-8-15(17)16(18)9-13/h3-9,11H,10,17-18H2,1-2H3. The van der Waals surface area contributed by atoms with E-state index >= 15 is 0 Å². The van der Waals surface area contributed by atoms with E-state index in [0.717, 1.165) is 0 Å². The Balaban J connectivity index is 2.14. The summed E-state index contributed by atoms with van der Waals surface area (Å²) in [5.41, 5.74) is 11.8. The molecule has 0 aromatic heterocycles. The average molecular weight is 336 g/mol. The van der Waals surface area contributed by atoms with Crippen LogP contribution in [0.3, 0.4) is 0 Å². The molecule has 2 rings (SSSR count). The average Bonchev–Trinajstić information content (AvgIpc) is 2.49. The van der Waals surface area contributed by atoms with Crippen molar-refractivity contribution in [1.82, 2.24) is 0 Å². The van der Waals surface area contributed by atoms with Gasteiger partial charge in [0.05, 0.1) is 18.0 Å². The van der Waals surface area contributed by atoms with E-state index in [9.17, 15) is 8.42 Å². The van der Waals surface area contributed by atoms with E-state index in [1.807, 2.05) is 13.8 Å². The molecule has 0 aliphatic carbocycles. The first-order valence-corrected chi connectivity index (χ1v) is 8.51. The zero-order valence-electron chi connectivity index (χ0n) is 13.0. The summed E-state index contributed by atoms with van der Waals surface area (Å²) in [7, 11) is -3.94. The van der Waals surface area contributed by atoms with Crippen LogP contribution >= 0.6 is 0 Å². The Hall–Kier alpha value is -2.41. The van der Waals surface area contributed by atoms with E-state index in [2.05, 4.69) is 0 Å². The molecule has 0 bridgehead atoms. The molecule has 0 aliphatic heterocycles. The van der Waals surface area contributed by atoms with Gasteiger partial charge in [0.25, 0.3) is 0 Å². The molecule has 0 atom stereocenters. The largest absolute Gasteiger partial charge is 0.493 e. The quantitative estimate of drug-likeness (QED) is 0.621. The first-order chi connectivity index (χ1) is 10.8. The molecule has 0 saturated carbocycles. The SMILES string of the molecule is CC(C)COc1ccc(S(=O)(=O)Oc2ccc(N)c(N)c2)cc1. The highest BCUT2D eigenvalue weighted by Gasteiger charge is 2.17. The van der Waals surface area contributed by atoms with Crippen molar-refractivity contribution in [3.05, 3.63) is 42.5 Å². The number of ether oxygens (including phenoxy) is 1. The van der Waals surface area contributed by atoms with E-state index in [0.29, 0.717) is 24.0 Å². The summed E-state index contributed by atoms with van der Waals surface area (Å²) in [5.74, 6) is 1.10. The van der Waals surface area contributed by atoms with Crippen molar-refractivity contribution >= 4 is 21.5 Å². The second kappa shape index (κ2) is 6.78. The van der Waals surface area contributed by atoms with E-state index < -0.39 is 10.1 Å². The van der Waals surface area contributed by atoms with Crippen LogP contribution < -0.4 is 20.4 Å². The lowest BCUT2D eigenvalue weighted by molar-refractivity contribution is 0.271. The fourth-order valence-corrected chi connectivity index (χ4v) is 2.67. The highest BCUT2D eigenvalue weighted by molar-refractivity contribution is 7.87. The summed E-state index contributed by atoms with van der Waals surface area (Å²) in [6.45, 7) is 4.63. The third-order valence-corrected chi connectivity index (χ3v) is 4.22. The van der Waals surface area contributed by atoms with Gasteiger partial charge in [0.1, 0.15) is 16.4 Å². The summed E-state index contributed by atoms with van der Waals surface area (Å²) in [6.07, 6.45) is 0. The molecule has 6 nitrogen and oxygen atoms in total. The lowest BCUT2D eigenvalue weighted by atomic mass is 10.2. The Morgan fingerprint density at radius 2 is 1.57 bits per heavy atom. The number of nitrogen functional groups attached to an aromatic ring is 2. The Kier molecular flexibility index (Phi) is 5.00. The van der Waals surface area contributed by atoms with Crippen molar-refractivity contribution in [2.75, 3.05) is 18.1 Å². The molecular weight excluding hydrogens is 316 g/mol. The topological polar surface area (TPSA) is 105 Å². The maximum absolute atomic E-state index is 12.2. The number of hydrogen-bond donors (Lipinski definition) is 2. The van der Waals surface area contributed by atoms with Crippen LogP contribution in [0, 0.1) is 5.92 Å². The van der Waals surface area contributed by atoms with Crippen LogP contribution in [0.2, 0.25) is 0 Å². The number of hydrogen-bond acceptors (Lipinski definition) is 6. The van der Waals surface area contributed by atoms with Crippen LogP contribution in [-0.2, 0) is 10.1 Å². The Labute approximate surface area is 136 Å². The fourth-order valence-electron chi connectivity index (χ4n) is 1.74. The molecular formula is C16H20N2O4S. The van der Waals surface area contributed by atoms with Gasteiger partial charge in [0.2, 0.25) is 0 Å². The maximum Gasteiger partial charge on any atom is 0.339 e. The van der Waals surface area contributed by atoms with Gasteiger partial charge in [-0.2, -0.15) is 8.42 Å². The molecule has 0 aliphatic rings. The fraction of sp³-hybridized carbons (Fsp3) is 0.250. The van der Waals surface area contributed by atoms with Gasteiger partial charge < -0.3 is 20.4 Å². The molecule has 0 spiro atoms. The van der Waals surface area contributed by atoms with E-state index in [-0.39, 0.29) is 16.3 Å². The smallest absolute Gasteiger partial charge is 0.339 e. The van der Waals surface area contributed by atoms with Crippen molar-refractivity contribution in [2.24, 2.45) is 5.92 Å². The Morgan fingerprint density at radius 3 is 2.13 bits per heavy atom. The van der Waals surface area contributed by atoms with Crippen LogP contribution in [0.25, 0.3) is 0 Å². The molecule has 0 saturated heterocycles. The normalized spacial score (nSPS) is 11.4. The molecule has 0 unspecified atom stereocenters. The predicted molar refractivity (Wildman–Crippen MR) is 89.9 cm³/mol. The summed E-state index contributed by atoms with van der Waals surface area (Å²) >= 11 is 0. The van der Waals surface area contributed by atoms with E-state index in [1.54, 1.807) is 12.1 Å².